The highest BCUT2D eigenvalue weighted by atomic mass is 16.3. The second-order valence-corrected chi connectivity index (χ2v) is 13.2. The van der Waals surface area contributed by atoms with Gasteiger partial charge in [0.2, 0.25) is 0 Å². The lowest BCUT2D eigenvalue weighted by atomic mass is 9.99. The van der Waals surface area contributed by atoms with Crippen molar-refractivity contribution in [2.45, 2.75) is 0 Å². The molecular weight excluding hydrogens is 639 g/mol. The standard InChI is InChI=1S/C47H27N3O2/c1-3-11-30-25-33(21-19-28(30)9-1)45-48-46(34-22-20-29-10-2-4-12-31(29)26-34)50-47(49-45)39-16-8-18-41-43(39)38-15-7-14-35(44(38)52-41)32-23-24-37-36-13-5-6-17-40(36)51-42(37)27-32/h1-27H. The van der Waals surface area contributed by atoms with Gasteiger partial charge in [-0.2, -0.15) is 0 Å². The van der Waals surface area contributed by atoms with Crippen molar-refractivity contribution in [3.05, 3.63) is 164 Å². The molecule has 11 rings (SSSR count). The molecule has 8 aromatic carbocycles. The Balaban J connectivity index is 1.12. The van der Waals surface area contributed by atoms with Gasteiger partial charge in [-0.25, -0.2) is 15.0 Å². The second-order valence-electron chi connectivity index (χ2n) is 13.2. The van der Waals surface area contributed by atoms with E-state index < -0.39 is 0 Å². The van der Waals surface area contributed by atoms with E-state index in [-0.39, 0.29) is 0 Å². The molecule has 52 heavy (non-hydrogen) atoms. The quantitative estimate of drug-likeness (QED) is 0.187. The fourth-order valence-electron chi connectivity index (χ4n) is 7.57. The highest BCUT2D eigenvalue weighted by Gasteiger charge is 2.20. The molecule has 0 N–H and O–H groups in total. The molecule has 0 unspecified atom stereocenters. The number of fused-ring (bicyclic) bond motifs is 8. The van der Waals surface area contributed by atoms with Gasteiger partial charge in [-0.15, -0.1) is 0 Å². The Kier molecular flexibility index (Phi) is 6.18. The van der Waals surface area contributed by atoms with E-state index in [1.807, 2.05) is 30.3 Å². The molecule has 0 saturated carbocycles. The minimum absolute atomic E-state index is 0.587. The third kappa shape index (κ3) is 4.53. The highest BCUT2D eigenvalue weighted by Crippen LogP contribution is 2.41. The smallest absolute Gasteiger partial charge is 0.164 e. The van der Waals surface area contributed by atoms with Crippen LogP contribution in [0.1, 0.15) is 0 Å². The molecule has 0 radical (unpaired) electrons. The lowest BCUT2D eigenvalue weighted by Gasteiger charge is -2.10. The Morgan fingerprint density at radius 3 is 1.63 bits per heavy atom. The van der Waals surface area contributed by atoms with Crippen LogP contribution in [0.15, 0.2) is 173 Å². The van der Waals surface area contributed by atoms with Crippen LogP contribution < -0.4 is 0 Å². The van der Waals surface area contributed by atoms with Crippen LogP contribution in [0.4, 0.5) is 0 Å². The normalized spacial score (nSPS) is 11.8. The van der Waals surface area contributed by atoms with Gasteiger partial charge < -0.3 is 8.83 Å². The molecule has 0 saturated heterocycles. The molecule has 11 aromatic rings. The molecule has 0 spiro atoms. The van der Waals surface area contributed by atoms with E-state index in [9.17, 15) is 0 Å². The van der Waals surface area contributed by atoms with E-state index >= 15 is 0 Å². The van der Waals surface area contributed by atoms with Crippen molar-refractivity contribution in [2.75, 3.05) is 0 Å². The van der Waals surface area contributed by atoms with Gasteiger partial charge in [0.1, 0.15) is 22.3 Å². The van der Waals surface area contributed by atoms with Gasteiger partial charge in [0.25, 0.3) is 0 Å². The zero-order valence-electron chi connectivity index (χ0n) is 27.7. The topological polar surface area (TPSA) is 65.0 Å². The van der Waals surface area contributed by atoms with Crippen LogP contribution in [0.25, 0.3) is 111 Å². The summed E-state index contributed by atoms with van der Waals surface area (Å²) in [5.74, 6) is 1.82. The summed E-state index contributed by atoms with van der Waals surface area (Å²) in [4.78, 5) is 15.4. The summed E-state index contributed by atoms with van der Waals surface area (Å²) in [5, 5.41) is 8.75. The maximum Gasteiger partial charge on any atom is 0.164 e. The van der Waals surface area contributed by atoms with Crippen LogP contribution in [0, 0.1) is 0 Å². The average Bonchev–Trinajstić information content (AvgIpc) is 3.78. The number of hydrogen-bond donors (Lipinski definition) is 0. The van der Waals surface area contributed by atoms with E-state index in [1.54, 1.807) is 0 Å². The number of furan rings is 2. The molecule has 5 heteroatoms. The van der Waals surface area contributed by atoms with Gasteiger partial charge in [-0.05, 0) is 63.5 Å². The third-order valence-corrected chi connectivity index (χ3v) is 10.1. The highest BCUT2D eigenvalue weighted by molar-refractivity contribution is 6.15. The Labute approximate surface area is 297 Å². The Morgan fingerprint density at radius 1 is 0.327 bits per heavy atom. The van der Waals surface area contributed by atoms with Crippen molar-refractivity contribution in [1.29, 1.82) is 0 Å². The summed E-state index contributed by atoms with van der Waals surface area (Å²) in [6.07, 6.45) is 0. The summed E-state index contributed by atoms with van der Waals surface area (Å²) < 4.78 is 12.9. The van der Waals surface area contributed by atoms with E-state index in [2.05, 4.69) is 133 Å². The van der Waals surface area contributed by atoms with Gasteiger partial charge in [0.15, 0.2) is 17.5 Å². The van der Waals surface area contributed by atoms with Crippen LogP contribution in [0.5, 0.6) is 0 Å². The predicted molar refractivity (Wildman–Crippen MR) is 211 cm³/mol. The van der Waals surface area contributed by atoms with E-state index in [4.69, 9.17) is 23.8 Å². The summed E-state index contributed by atoms with van der Waals surface area (Å²) in [7, 11) is 0. The van der Waals surface area contributed by atoms with Crippen LogP contribution in [0.2, 0.25) is 0 Å². The van der Waals surface area contributed by atoms with Crippen molar-refractivity contribution in [1.82, 2.24) is 15.0 Å². The SMILES string of the molecule is c1ccc2cc(-c3nc(-c4ccc5ccccc5c4)nc(-c4cccc5oc6c(-c7ccc8c(c7)oc7ccccc78)cccc6c45)n3)ccc2c1. The first-order valence-corrected chi connectivity index (χ1v) is 17.3. The van der Waals surface area contributed by atoms with Crippen molar-refractivity contribution >= 4 is 65.4 Å². The molecular formula is C47H27N3O2. The van der Waals surface area contributed by atoms with Gasteiger partial charge in [-0.1, -0.05) is 127 Å². The van der Waals surface area contributed by atoms with E-state index in [0.29, 0.717) is 17.5 Å². The molecule has 0 atom stereocenters. The Bertz CT molecular complexity index is 3110. The van der Waals surface area contributed by atoms with Crippen LogP contribution in [-0.2, 0) is 0 Å². The number of para-hydroxylation sites is 2. The molecule has 3 aromatic heterocycles. The molecule has 0 aliphatic rings. The Morgan fingerprint density at radius 2 is 0.885 bits per heavy atom. The molecule has 0 fully saturated rings. The zero-order chi connectivity index (χ0) is 34.2. The van der Waals surface area contributed by atoms with Crippen molar-refractivity contribution in [2.24, 2.45) is 0 Å². The molecule has 0 aliphatic heterocycles. The molecule has 3 heterocycles. The van der Waals surface area contributed by atoms with E-state index in [0.717, 1.165) is 82.5 Å². The first-order valence-electron chi connectivity index (χ1n) is 17.3. The molecule has 242 valence electrons. The first kappa shape index (κ1) is 28.7. The average molecular weight is 666 g/mol. The summed E-state index contributed by atoms with van der Waals surface area (Å²) in [6, 6.07) is 56.4. The maximum absolute atomic E-state index is 6.70. The number of hydrogen-bond acceptors (Lipinski definition) is 5. The van der Waals surface area contributed by atoms with Gasteiger partial charge >= 0.3 is 0 Å². The summed E-state index contributed by atoms with van der Waals surface area (Å²) in [5.41, 5.74) is 8.05. The van der Waals surface area contributed by atoms with Crippen molar-refractivity contribution in [3.63, 3.8) is 0 Å². The first-order chi connectivity index (χ1) is 25.7. The minimum atomic E-state index is 0.587. The monoisotopic (exact) mass is 665 g/mol. The van der Waals surface area contributed by atoms with Crippen LogP contribution in [-0.4, -0.2) is 15.0 Å². The number of rotatable bonds is 4. The van der Waals surface area contributed by atoms with Crippen LogP contribution >= 0.6 is 0 Å². The molecule has 0 bridgehead atoms. The van der Waals surface area contributed by atoms with Crippen molar-refractivity contribution < 1.29 is 8.83 Å². The minimum Gasteiger partial charge on any atom is -0.456 e. The van der Waals surface area contributed by atoms with Gasteiger partial charge in [0, 0.05) is 43.8 Å². The lowest BCUT2D eigenvalue weighted by molar-refractivity contribution is 0.668. The van der Waals surface area contributed by atoms with Gasteiger partial charge in [0.05, 0.1) is 0 Å². The third-order valence-electron chi connectivity index (χ3n) is 10.1. The molecule has 0 amide bonds. The van der Waals surface area contributed by atoms with Crippen LogP contribution in [0.3, 0.4) is 0 Å². The lowest BCUT2D eigenvalue weighted by Crippen LogP contribution is -2.00. The predicted octanol–water partition coefficient (Wildman–Crippen LogP) is 12.6. The molecule has 5 nitrogen and oxygen atoms in total. The van der Waals surface area contributed by atoms with Crippen molar-refractivity contribution in [3.8, 4) is 45.3 Å². The second kappa shape index (κ2) is 11.2. The maximum atomic E-state index is 6.70. The Hall–Kier alpha value is -7.11. The summed E-state index contributed by atoms with van der Waals surface area (Å²) >= 11 is 0. The summed E-state index contributed by atoms with van der Waals surface area (Å²) in [6.45, 7) is 0. The number of aromatic nitrogens is 3. The largest absolute Gasteiger partial charge is 0.456 e. The fourth-order valence-corrected chi connectivity index (χ4v) is 7.57. The molecule has 0 aliphatic carbocycles. The fraction of sp³-hybridized carbons (Fsp3) is 0. The van der Waals surface area contributed by atoms with E-state index in [1.165, 1.54) is 10.8 Å². The van der Waals surface area contributed by atoms with Gasteiger partial charge in [-0.3, -0.25) is 0 Å². The number of benzene rings is 8. The zero-order valence-corrected chi connectivity index (χ0v) is 27.7. The number of nitrogens with zero attached hydrogens (tertiary/aromatic N) is 3.